The van der Waals surface area contributed by atoms with Crippen LogP contribution in [0.15, 0.2) is 47.8 Å². The normalized spacial score (nSPS) is 21.9. The predicted octanol–water partition coefficient (Wildman–Crippen LogP) is 0.792. The topological polar surface area (TPSA) is 131 Å². The van der Waals surface area contributed by atoms with Crippen LogP contribution in [0, 0.1) is 6.92 Å². The summed E-state index contributed by atoms with van der Waals surface area (Å²) < 4.78 is 33.9. The molecule has 2 heterocycles. The molecule has 2 aromatic rings. The zero-order chi connectivity index (χ0) is 21.6. The highest BCUT2D eigenvalue weighted by molar-refractivity contribution is 7.89. The Morgan fingerprint density at radius 2 is 2.13 bits per heavy atom. The van der Waals surface area contributed by atoms with Gasteiger partial charge in [-0.3, -0.25) is 9.78 Å². The second-order valence-electron chi connectivity index (χ2n) is 7.24. The number of aliphatic hydroxyl groups excluding tert-OH is 1. The molecule has 0 bridgehead atoms. The molecule has 162 valence electrons. The maximum atomic E-state index is 12.7. The van der Waals surface area contributed by atoms with Crippen molar-refractivity contribution in [1.82, 2.24) is 20.0 Å². The number of rotatable bonds is 8. The van der Waals surface area contributed by atoms with Crippen molar-refractivity contribution in [3.8, 4) is 0 Å². The van der Waals surface area contributed by atoms with Crippen LogP contribution in [0.3, 0.4) is 0 Å². The average Bonchev–Trinajstić information content (AvgIpc) is 2.75. The molecule has 9 nitrogen and oxygen atoms in total. The van der Waals surface area contributed by atoms with Gasteiger partial charge in [-0.05, 0) is 43.9 Å². The van der Waals surface area contributed by atoms with E-state index in [1.165, 1.54) is 24.7 Å². The number of carbonyl (C=O) groups is 1. The fraction of sp³-hybridized carbons (Fsp3) is 0.450. The highest BCUT2D eigenvalue weighted by atomic mass is 32.2. The Bertz CT molecular complexity index is 955. The number of nitrogens with zero attached hydrogens (tertiary/aromatic N) is 2. The molecule has 1 saturated heterocycles. The number of aromatic nitrogens is 2. The molecule has 0 saturated carbocycles. The number of amides is 1. The minimum absolute atomic E-state index is 0.188. The van der Waals surface area contributed by atoms with Gasteiger partial charge >= 0.3 is 0 Å². The van der Waals surface area contributed by atoms with E-state index in [0.29, 0.717) is 25.8 Å². The Morgan fingerprint density at radius 3 is 2.83 bits per heavy atom. The van der Waals surface area contributed by atoms with Gasteiger partial charge in [0, 0.05) is 18.9 Å². The van der Waals surface area contributed by atoms with Crippen molar-refractivity contribution in [2.45, 2.75) is 49.3 Å². The highest BCUT2D eigenvalue weighted by Crippen LogP contribution is 2.23. The van der Waals surface area contributed by atoms with Gasteiger partial charge in [0.05, 0.1) is 35.9 Å². The van der Waals surface area contributed by atoms with Gasteiger partial charge in [-0.25, -0.2) is 18.1 Å². The van der Waals surface area contributed by atoms with Gasteiger partial charge < -0.3 is 15.2 Å². The fourth-order valence-electron chi connectivity index (χ4n) is 3.38. The molecule has 1 amide bonds. The molecular weight excluding hydrogens is 408 g/mol. The first-order chi connectivity index (χ1) is 14.4. The molecule has 30 heavy (non-hydrogen) atoms. The third-order valence-electron chi connectivity index (χ3n) is 4.95. The number of aryl methyl sites for hydroxylation is 1. The standard InChI is InChI=1S/C20H26N4O5S/c1-14-3-2-4-16(11-14)30(27,28)24-17-6-5-15(29-19(17)13-25)7-8-23-20(26)18-12-21-9-10-22-18/h2-4,9-12,15,17,19,24-25H,5-8,13H2,1H3,(H,23,26)/t15-,17+,19+/m1/s1. The lowest BCUT2D eigenvalue weighted by molar-refractivity contribution is -0.0871. The maximum Gasteiger partial charge on any atom is 0.271 e. The largest absolute Gasteiger partial charge is 0.394 e. The van der Waals surface area contributed by atoms with Crippen LogP contribution in [0.1, 0.15) is 35.3 Å². The van der Waals surface area contributed by atoms with E-state index in [9.17, 15) is 18.3 Å². The molecule has 3 N–H and O–H groups in total. The monoisotopic (exact) mass is 434 g/mol. The van der Waals surface area contributed by atoms with Gasteiger partial charge in [0.15, 0.2) is 0 Å². The fourth-order valence-corrected chi connectivity index (χ4v) is 4.79. The van der Waals surface area contributed by atoms with Gasteiger partial charge in [-0.2, -0.15) is 0 Å². The molecule has 1 aliphatic heterocycles. The molecule has 10 heteroatoms. The van der Waals surface area contributed by atoms with Gasteiger partial charge in [-0.15, -0.1) is 0 Å². The van der Waals surface area contributed by atoms with E-state index in [4.69, 9.17) is 4.74 Å². The van der Waals surface area contributed by atoms with Gasteiger partial charge in [0.1, 0.15) is 5.69 Å². The van der Waals surface area contributed by atoms with Crippen molar-refractivity contribution in [3.05, 3.63) is 54.1 Å². The van der Waals surface area contributed by atoms with Crippen LogP contribution in [0.4, 0.5) is 0 Å². The van der Waals surface area contributed by atoms with Gasteiger partial charge in [-0.1, -0.05) is 12.1 Å². The molecule has 1 aliphatic rings. The predicted molar refractivity (Wildman–Crippen MR) is 109 cm³/mol. The van der Waals surface area contributed by atoms with E-state index in [-0.39, 0.29) is 29.2 Å². The smallest absolute Gasteiger partial charge is 0.271 e. The van der Waals surface area contributed by atoms with E-state index in [1.54, 1.807) is 12.1 Å². The Kier molecular flexibility index (Phi) is 7.48. The Balaban J connectivity index is 1.51. The number of hydrogen-bond donors (Lipinski definition) is 3. The second-order valence-corrected chi connectivity index (χ2v) is 8.95. The van der Waals surface area contributed by atoms with Crippen molar-refractivity contribution >= 4 is 15.9 Å². The molecule has 0 spiro atoms. The summed E-state index contributed by atoms with van der Waals surface area (Å²) in [4.78, 5) is 20.0. The number of aliphatic hydroxyl groups is 1. The molecule has 1 fully saturated rings. The van der Waals surface area contributed by atoms with Crippen LogP contribution >= 0.6 is 0 Å². The first kappa shape index (κ1) is 22.3. The lowest BCUT2D eigenvalue weighted by atomic mass is 9.98. The molecular formula is C20H26N4O5S. The van der Waals surface area contributed by atoms with Crippen LogP contribution in [0.2, 0.25) is 0 Å². The summed E-state index contributed by atoms with van der Waals surface area (Å²) in [6.45, 7) is 1.90. The first-order valence-corrected chi connectivity index (χ1v) is 11.3. The minimum Gasteiger partial charge on any atom is -0.394 e. The van der Waals surface area contributed by atoms with Crippen molar-refractivity contribution < 1.29 is 23.1 Å². The lowest BCUT2D eigenvalue weighted by Crippen LogP contribution is -2.51. The van der Waals surface area contributed by atoms with Crippen LogP contribution in [-0.4, -0.2) is 60.8 Å². The van der Waals surface area contributed by atoms with Crippen LogP contribution in [0.25, 0.3) is 0 Å². The molecule has 1 aromatic carbocycles. The van der Waals surface area contributed by atoms with Crippen LogP contribution in [-0.2, 0) is 14.8 Å². The van der Waals surface area contributed by atoms with E-state index in [0.717, 1.165) is 5.56 Å². The Morgan fingerprint density at radius 1 is 1.30 bits per heavy atom. The summed E-state index contributed by atoms with van der Waals surface area (Å²) in [6.07, 6.45) is 5.16. The number of hydrogen-bond acceptors (Lipinski definition) is 7. The molecule has 0 aliphatic carbocycles. The highest BCUT2D eigenvalue weighted by Gasteiger charge is 2.33. The molecule has 1 aromatic heterocycles. The van der Waals surface area contributed by atoms with Crippen molar-refractivity contribution in [3.63, 3.8) is 0 Å². The summed E-state index contributed by atoms with van der Waals surface area (Å²) in [6, 6.07) is 6.13. The molecule has 0 unspecified atom stereocenters. The average molecular weight is 435 g/mol. The van der Waals surface area contributed by atoms with Crippen molar-refractivity contribution in [1.29, 1.82) is 0 Å². The Labute approximate surface area is 176 Å². The summed E-state index contributed by atoms with van der Waals surface area (Å²) >= 11 is 0. The Hall–Kier alpha value is -2.40. The van der Waals surface area contributed by atoms with E-state index in [1.807, 2.05) is 13.0 Å². The van der Waals surface area contributed by atoms with Crippen molar-refractivity contribution in [2.75, 3.05) is 13.2 Å². The van der Waals surface area contributed by atoms with E-state index in [2.05, 4.69) is 20.0 Å². The molecule has 3 rings (SSSR count). The third kappa shape index (κ3) is 5.82. The van der Waals surface area contributed by atoms with E-state index < -0.39 is 22.2 Å². The first-order valence-electron chi connectivity index (χ1n) is 9.78. The number of benzene rings is 1. The summed E-state index contributed by atoms with van der Waals surface area (Å²) in [7, 11) is -3.71. The SMILES string of the molecule is Cc1cccc(S(=O)(=O)N[C@H]2CC[C@H](CCNC(=O)c3cnccn3)O[C@H]2CO)c1. The number of carbonyl (C=O) groups excluding carboxylic acids is 1. The van der Waals surface area contributed by atoms with Crippen molar-refractivity contribution in [2.24, 2.45) is 0 Å². The third-order valence-corrected chi connectivity index (χ3v) is 6.44. The quantitative estimate of drug-likeness (QED) is 0.560. The van der Waals surface area contributed by atoms with Gasteiger partial charge in [0.25, 0.3) is 5.91 Å². The lowest BCUT2D eigenvalue weighted by Gasteiger charge is -2.36. The zero-order valence-corrected chi connectivity index (χ0v) is 17.5. The number of nitrogens with one attached hydrogen (secondary N) is 2. The molecule has 0 radical (unpaired) electrons. The van der Waals surface area contributed by atoms with Crippen LogP contribution in [0.5, 0.6) is 0 Å². The molecule has 3 atom stereocenters. The minimum atomic E-state index is -3.71. The summed E-state index contributed by atoms with van der Waals surface area (Å²) in [5.41, 5.74) is 1.08. The number of ether oxygens (including phenoxy) is 1. The second kappa shape index (κ2) is 10.1. The van der Waals surface area contributed by atoms with Crippen LogP contribution < -0.4 is 10.0 Å². The summed E-state index contributed by atoms with van der Waals surface area (Å²) in [5, 5.41) is 12.5. The number of sulfonamides is 1. The van der Waals surface area contributed by atoms with Gasteiger partial charge in [0.2, 0.25) is 10.0 Å². The zero-order valence-electron chi connectivity index (χ0n) is 16.7. The summed E-state index contributed by atoms with van der Waals surface area (Å²) in [5.74, 6) is -0.318. The maximum absolute atomic E-state index is 12.7. The van der Waals surface area contributed by atoms with E-state index >= 15 is 0 Å².